The van der Waals surface area contributed by atoms with E-state index in [1.807, 2.05) is 6.08 Å². The van der Waals surface area contributed by atoms with Crippen molar-refractivity contribution in [3.05, 3.63) is 11.6 Å². The Labute approximate surface area is 151 Å². The van der Waals surface area contributed by atoms with Crippen LogP contribution in [0.15, 0.2) is 11.6 Å². The third kappa shape index (κ3) is 1.74. The molecule has 25 heavy (non-hydrogen) atoms. The van der Waals surface area contributed by atoms with Crippen LogP contribution in [0.5, 0.6) is 0 Å². The van der Waals surface area contributed by atoms with Crippen molar-refractivity contribution in [1.82, 2.24) is 0 Å². The largest absolute Gasteiger partial charge is 0.374 e. The van der Waals surface area contributed by atoms with Crippen molar-refractivity contribution >= 4 is 5.78 Å². The van der Waals surface area contributed by atoms with E-state index in [1.165, 1.54) is 56.9 Å². The zero-order valence-electron chi connectivity index (χ0n) is 15.6. The van der Waals surface area contributed by atoms with E-state index in [1.54, 1.807) is 0 Å². The van der Waals surface area contributed by atoms with Crippen LogP contribution in [0.25, 0.3) is 0 Å². The van der Waals surface area contributed by atoms with Crippen molar-refractivity contribution in [1.29, 1.82) is 0 Å². The molecular weight excluding hydrogens is 308 g/mol. The van der Waals surface area contributed by atoms with Gasteiger partial charge in [0.25, 0.3) is 0 Å². The molecule has 8 atom stereocenters. The third-order valence-corrected chi connectivity index (χ3v) is 9.81. The van der Waals surface area contributed by atoms with Gasteiger partial charge in [-0.25, -0.2) is 0 Å². The molecule has 1 spiro atoms. The first-order chi connectivity index (χ1) is 12.2. The summed E-state index contributed by atoms with van der Waals surface area (Å²) < 4.78 is 6.66. The Morgan fingerprint density at radius 3 is 2.84 bits per heavy atom. The standard InChI is InChI=1S/C23H32O2/c1-2-22-10-8-17-16-7-5-15(24)12-14(16)4-6-18(17)21(22)19-13-20(19)23(22)9-3-11-25-23/h12,16-21H,2-11,13H2,1H3/t16?,17?,18?,19-,20+,21?,22+,23+/m1/s1. The highest BCUT2D eigenvalue weighted by Gasteiger charge is 2.77. The zero-order valence-corrected chi connectivity index (χ0v) is 15.6. The van der Waals surface area contributed by atoms with Crippen molar-refractivity contribution in [3.63, 3.8) is 0 Å². The van der Waals surface area contributed by atoms with Crippen LogP contribution in [-0.4, -0.2) is 18.0 Å². The smallest absolute Gasteiger partial charge is 0.155 e. The van der Waals surface area contributed by atoms with Gasteiger partial charge in [0.1, 0.15) is 0 Å². The maximum atomic E-state index is 11.9. The third-order valence-electron chi connectivity index (χ3n) is 9.81. The van der Waals surface area contributed by atoms with E-state index in [-0.39, 0.29) is 5.60 Å². The van der Waals surface area contributed by atoms with Gasteiger partial charge < -0.3 is 4.74 Å². The number of rotatable bonds is 1. The normalized spacial score (nSPS) is 56.0. The van der Waals surface area contributed by atoms with E-state index in [9.17, 15) is 4.79 Å². The number of ketones is 1. The van der Waals surface area contributed by atoms with Crippen molar-refractivity contribution in [2.75, 3.05) is 6.61 Å². The Hall–Kier alpha value is -0.630. The van der Waals surface area contributed by atoms with Gasteiger partial charge in [0.05, 0.1) is 5.60 Å². The molecule has 0 aromatic carbocycles. The molecule has 1 aliphatic heterocycles. The SMILES string of the molecule is CC[C@]12CCC3C4CCC(=O)C=C4CCC3C1[C@@H]1C[C@@H]1[C@@]21CCCO1. The first-order valence-electron chi connectivity index (χ1n) is 11.1. The lowest BCUT2D eigenvalue weighted by Crippen LogP contribution is -2.56. The summed E-state index contributed by atoms with van der Waals surface area (Å²) in [7, 11) is 0. The average Bonchev–Trinajstić information content (AvgIpc) is 3.20. The lowest BCUT2D eigenvalue weighted by molar-refractivity contribution is -0.158. The highest BCUT2D eigenvalue weighted by Crippen LogP contribution is 2.79. The summed E-state index contributed by atoms with van der Waals surface area (Å²) in [5.74, 6) is 5.72. The van der Waals surface area contributed by atoms with Crippen molar-refractivity contribution in [2.45, 2.75) is 76.7 Å². The maximum Gasteiger partial charge on any atom is 0.155 e. The molecule has 5 fully saturated rings. The first-order valence-corrected chi connectivity index (χ1v) is 11.1. The Balaban J connectivity index is 1.39. The van der Waals surface area contributed by atoms with Crippen LogP contribution in [-0.2, 0) is 9.53 Å². The van der Waals surface area contributed by atoms with Crippen LogP contribution in [0.2, 0.25) is 0 Å². The second kappa shape index (κ2) is 5.00. The molecule has 2 heteroatoms. The van der Waals surface area contributed by atoms with Gasteiger partial charge in [-0.2, -0.15) is 0 Å². The molecule has 4 saturated carbocycles. The minimum atomic E-state index is 0.265. The number of allylic oxidation sites excluding steroid dienone is 1. The summed E-state index contributed by atoms with van der Waals surface area (Å²) in [6.07, 6.45) is 14.8. The summed E-state index contributed by atoms with van der Waals surface area (Å²) in [5.41, 5.74) is 2.28. The first kappa shape index (κ1) is 15.4. The molecule has 0 radical (unpaired) electrons. The van der Waals surface area contributed by atoms with Gasteiger partial charge >= 0.3 is 0 Å². The van der Waals surface area contributed by atoms with E-state index in [4.69, 9.17) is 4.74 Å². The fourth-order valence-corrected chi connectivity index (χ4v) is 9.12. The number of ether oxygens (including phenoxy) is 1. The van der Waals surface area contributed by atoms with Crippen LogP contribution in [0, 0.1) is 40.9 Å². The molecule has 136 valence electrons. The highest BCUT2D eigenvalue weighted by molar-refractivity contribution is 5.91. The number of carbonyl (C=O) groups excluding carboxylic acids is 1. The molecule has 6 rings (SSSR count). The molecule has 1 saturated heterocycles. The number of fused-ring (bicyclic) bond motifs is 9. The molecular formula is C23H32O2. The molecule has 0 bridgehead atoms. The Bertz CT molecular complexity index is 642. The van der Waals surface area contributed by atoms with E-state index >= 15 is 0 Å². The van der Waals surface area contributed by atoms with Crippen molar-refractivity contribution in [3.8, 4) is 0 Å². The predicted octanol–water partition coefficient (Wildman–Crippen LogP) is 4.92. The summed E-state index contributed by atoms with van der Waals surface area (Å²) in [4.78, 5) is 11.9. The van der Waals surface area contributed by atoms with Crippen molar-refractivity contribution < 1.29 is 9.53 Å². The Kier molecular flexibility index (Phi) is 3.09. The molecule has 4 unspecified atom stereocenters. The fourth-order valence-electron chi connectivity index (χ4n) is 9.12. The quantitative estimate of drug-likeness (QED) is 0.677. The number of carbonyl (C=O) groups is 1. The van der Waals surface area contributed by atoms with Gasteiger partial charge in [-0.05, 0) is 99.4 Å². The molecule has 1 heterocycles. The van der Waals surface area contributed by atoms with Crippen LogP contribution < -0.4 is 0 Å². The molecule has 0 aromatic heterocycles. The van der Waals surface area contributed by atoms with Gasteiger partial charge in [-0.1, -0.05) is 12.5 Å². The van der Waals surface area contributed by atoms with Gasteiger partial charge in [0, 0.05) is 18.4 Å². The van der Waals surface area contributed by atoms with Gasteiger partial charge in [-0.3, -0.25) is 4.79 Å². The average molecular weight is 341 g/mol. The van der Waals surface area contributed by atoms with Gasteiger partial charge in [0.2, 0.25) is 0 Å². The van der Waals surface area contributed by atoms with E-state index in [2.05, 4.69) is 6.92 Å². The Morgan fingerprint density at radius 1 is 1.12 bits per heavy atom. The van der Waals surface area contributed by atoms with Crippen LogP contribution in [0.3, 0.4) is 0 Å². The second-order valence-corrected chi connectivity index (χ2v) is 10.1. The van der Waals surface area contributed by atoms with Crippen LogP contribution in [0.1, 0.15) is 71.1 Å². The number of hydrogen-bond acceptors (Lipinski definition) is 2. The topological polar surface area (TPSA) is 26.3 Å². The molecule has 0 N–H and O–H groups in total. The molecule has 5 aliphatic carbocycles. The molecule has 6 aliphatic rings. The van der Waals surface area contributed by atoms with E-state index in [0.717, 1.165) is 55.0 Å². The molecule has 2 nitrogen and oxygen atoms in total. The summed E-state index contributed by atoms with van der Waals surface area (Å²) in [6, 6.07) is 0. The van der Waals surface area contributed by atoms with Crippen LogP contribution in [0.4, 0.5) is 0 Å². The Morgan fingerprint density at radius 2 is 2.04 bits per heavy atom. The predicted molar refractivity (Wildman–Crippen MR) is 97.0 cm³/mol. The second-order valence-electron chi connectivity index (χ2n) is 10.1. The lowest BCUT2D eigenvalue weighted by Gasteiger charge is -2.58. The minimum Gasteiger partial charge on any atom is -0.374 e. The summed E-state index contributed by atoms with van der Waals surface area (Å²) >= 11 is 0. The fraction of sp³-hybridized carbons (Fsp3) is 0.870. The van der Waals surface area contributed by atoms with E-state index in [0.29, 0.717) is 11.2 Å². The van der Waals surface area contributed by atoms with Crippen LogP contribution >= 0.6 is 0 Å². The molecule has 0 amide bonds. The van der Waals surface area contributed by atoms with E-state index < -0.39 is 0 Å². The highest BCUT2D eigenvalue weighted by atomic mass is 16.5. The summed E-state index contributed by atoms with van der Waals surface area (Å²) in [5, 5.41) is 0. The van der Waals surface area contributed by atoms with Crippen molar-refractivity contribution in [2.24, 2.45) is 40.9 Å². The summed E-state index contributed by atoms with van der Waals surface area (Å²) in [6.45, 7) is 3.48. The van der Waals surface area contributed by atoms with Gasteiger partial charge in [0.15, 0.2) is 5.78 Å². The lowest BCUT2D eigenvalue weighted by atomic mass is 9.47. The zero-order chi connectivity index (χ0) is 16.8. The number of hydrogen-bond donors (Lipinski definition) is 0. The minimum absolute atomic E-state index is 0.265. The monoisotopic (exact) mass is 340 g/mol. The maximum absolute atomic E-state index is 11.9. The molecule has 0 aromatic rings. The van der Waals surface area contributed by atoms with Gasteiger partial charge in [-0.15, -0.1) is 0 Å².